The number of hydrogen-bond donors (Lipinski definition) is 2. The van der Waals surface area contributed by atoms with Crippen LogP contribution in [0.2, 0.25) is 5.02 Å². The van der Waals surface area contributed by atoms with Gasteiger partial charge in [0.1, 0.15) is 5.82 Å². The molecule has 1 saturated carbocycles. The van der Waals surface area contributed by atoms with Gasteiger partial charge in [-0.25, -0.2) is 4.39 Å². The molecule has 1 aromatic carbocycles. The van der Waals surface area contributed by atoms with E-state index in [0.717, 1.165) is 37.9 Å². The summed E-state index contributed by atoms with van der Waals surface area (Å²) in [4.78, 5) is 12.5. The van der Waals surface area contributed by atoms with Crippen LogP contribution in [-0.2, 0) is 10.2 Å². The standard InChI is InChI=1S/C18H24ClFN2O/c1-17(2,13-4-3-12(20)9-15(13)19)11-22-16(23)14-10-18(14)5-7-21-8-6-18/h3-4,9,14,21H,5-8,10-11H2,1-2H3,(H,22,23). The van der Waals surface area contributed by atoms with E-state index < -0.39 is 0 Å². The van der Waals surface area contributed by atoms with Gasteiger partial charge >= 0.3 is 0 Å². The van der Waals surface area contributed by atoms with Gasteiger partial charge in [-0.2, -0.15) is 0 Å². The SMILES string of the molecule is CC(C)(CNC(=O)C1CC12CCNCC2)c1ccc(F)cc1Cl. The van der Waals surface area contributed by atoms with Crippen molar-refractivity contribution in [3.8, 4) is 0 Å². The fraction of sp³-hybridized carbons (Fsp3) is 0.611. The molecule has 1 unspecified atom stereocenters. The minimum Gasteiger partial charge on any atom is -0.355 e. The molecule has 2 fully saturated rings. The fourth-order valence-corrected chi connectivity index (χ4v) is 4.18. The predicted octanol–water partition coefficient (Wildman–Crippen LogP) is 3.26. The van der Waals surface area contributed by atoms with Crippen LogP contribution in [0.3, 0.4) is 0 Å². The van der Waals surface area contributed by atoms with Crippen molar-refractivity contribution in [3.05, 3.63) is 34.6 Å². The number of carbonyl (C=O) groups excluding carboxylic acids is 1. The maximum Gasteiger partial charge on any atom is 0.223 e. The van der Waals surface area contributed by atoms with Gasteiger partial charge in [-0.3, -0.25) is 4.79 Å². The maximum atomic E-state index is 13.2. The molecule has 5 heteroatoms. The molecule has 0 radical (unpaired) electrons. The third-order valence-corrected chi connectivity index (χ3v) is 5.78. The Morgan fingerprint density at radius 1 is 1.43 bits per heavy atom. The Labute approximate surface area is 142 Å². The Kier molecular flexibility index (Phi) is 4.41. The molecule has 1 spiro atoms. The second-order valence-electron chi connectivity index (χ2n) is 7.59. The monoisotopic (exact) mass is 338 g/mol. The second kappa shape index (κ2) is 6.06. The van der Waals surface area contributed by atoms with Gasteiger partial charge in [0.2, 0.25) is 5.91 Å². The van der Waals surface area contributed by atoms with Crippen LogP contribution in [0.5, 0.6) is 0 Å². The van der Waals surface area contributed by atoms with E-state index in [1.165, 1.54) is 12.1 Å². The van der Waals surface area contributed by atoms with Gasteiger partial charge in [-0.15, -0.1) is 0 Å². The van der Waals surface area contributed by atoms with Crippen LogP contribution >= 0.6 is 11.6 Å². The third kappa shape index (κ3) is 3.38. The summed E-state index contributed by atoms with van der Waals surface area (Å²) in [7, 11) is 0. The first-order chi connectivity index (χ1) is 10.8. The summed E-state index contributed by atoms with van der Waals surface area (Å²) in [5, 5.41) is 6.84. The largest absolute Gasteiger partial charge is 0.355 e. The molecular weight excluding hydrogens is 315 g/mol. The van der Waals surface area contributed by atoms with Crippen LogP contribution in [0.4, 0.5) is 4.39 Å². The van der Waals surface area contributed by atoms with Gasteiger partial charge in [0.15, 0.2) is 0 Å². The number of nitrogens with one attached hydrogen (secondary N) is 2. The minimum atomic E-state index is -0.343. The summed E-state index contributed by atoms with van der Waals surface area (Å²) in [5.74, 6) is -0.0354. The van der Waals surface area contributed by atoms with Crippen LogP contribution in [0.25, 0.3) is 0 Å². The van der Waals surface area contributed by atoms with Gasteiger partial charge in [0.25, 0.3) is 0 Å². The van der Waals surface area contributed by atoms with E-state index in [9.17, 15) is 9.18 Å². The van der Waals surface area contributed by atoms with E-state index in [0.29, 0.717) is 11.6 Å². The van der Waals surface area contributed by atoms with Gasteiger partial charge in [0.05, 0.1) is 0 Å². The summed E-state index contributed by atoms with van der Waals surface area (Å²) in [6.45, 7) is 6.56. The quantitative estimate of drug-likeness (QED) is 0.884. The van der Waals surface area contributed by atoms with Crippen molar-refractivity contribution in [1.29, 1.82) is 0 Å². The number of hydrogen-bond acceptors (Lipinski definition) is 2. The zero-order valence-electron chi connectivity index (χ0n) is 13.7. The van der Waals surface area contributed by atoms with E-state index in [1.54, 1.807) is 6.07 Å². The molecule has 1 amide bonds. The molecular formula is C18H24ClFN2O. The Balaban J connectivity index is 1.60. The lowest BCUT2D eigenvalue weighted by Gasteiger charge is -2.27. The molecule has 23 heavy (non-hydrogen) atoms. The van der Waals surface area contributed by atoms with Crippen LogP contribution in [-0.4, -0.2) is 25.5 Å². The van der Waals surface area contributed by atoms with Crippen LogP contribution in [0.1, 0.15) is 38.7 Å². The molecule has 1 aliphatic carbocycles. The number of benzene rings is 1. The molecule has 1 atom stereocenters. The molecule has 3 nitrogen and oxygen atoms in total. The Hall–Kier alpha value is -1.13. The summed E-state index contributed by atoms with van der Waals surface area (Å²) in [5.41, 5.74) is 0.761. The zero-order chi connectivity index (χ0) is 16.7. The average molecular weight is 339 g/mol. The molecule has 1 saturated heterocycles. The Bertz CT molecular complexity index is 611. The van der Waals surface area contributed by atoms with E-state index in [-0.39, 0.29) is 28.5 Å². The van der Waals surface area contributed by atoms with Crippen molar-refractivity contribution < 1.29 is 9.18 Å². The van der Waals surface area contributed by atoms with E-state index >= 15 is 0 Å². The van der Waals surface area contributed by atoms with Crippen molar-refractivity contribution in [2.75, 3.05) is 19.6 Å². The first-order valence-electron chi connectivity index (χ1n) is 8.28. The van der Waals surface area contributed by atoms with E-state index in [4.69, 9.17) is 11.6 Å². The number of piperidine rings is 1. The van der Waals surface area contributed by atoms with Crippen molar-refractivity contribution in [2.24, 2.45) is 11.3 Å². The number of rotatable bonds is 4. The highest BCUT2D eigenvalue weighted by atomic mass is 35.5. The first-order valence-corrected chi connectivity index (χ1v) is 8.66. The van der Waals surface area contributed by atoms with Crippen molar-refractivity contribution in [2.45, 2.75) is 38.5 Å². The molecule has 2 N–H and O–H groups in total. The van der Waals surface area contributed by atoms with Gasteiger partial charge in [-0.05, 0) is 55.5 Å². The van der Waals surface area contributed by atoms with Crippen LogP contribution in [0, 0.1) is 17.2 Å². The topological polar surface area (TPSA) is 41.1 Å². The normalized spacial score (nSPS) is 22.9. The maximum absolute atomic E-state index is 13.2. The third-order valence-electron chi connectivity index (χ3n) is 5.47. The van der Waals surface area contributed by atoms with Gasteiger partial charge in [0, 0.05) is 22.9 Å². The lowest BCUT2D eigenvalue weighted by atomic mass is 9.84. The molecule has 1 aromatic rings. The summed E-state index contributed by atoms with van der Waals surface area (Å²) in [6, 6.07) is 4.44. The number of amides is 1. The number of halogens is 2. The van der Waals surface area contributed by atoms with Crippen molar-refractivity contribution >= 4 is 17.5 Å². The van der Waals surface area contributed by atoms with Crippen LogP contribution in [0.15, 0.2) is 18.2 Å². The molecule has 126 valence electrons. The fourth-order valence-electron chi connectivity index (χ4n) is 3.76. The highest BCUT2D eigenvalue weighted by Crippen LogP contribution is 2.58. The molecule has 1 heterocycles. The first kappa shape index (κ1) is 16.7. The van der Waals surface area contributed by atoms with E-state index in [2.05, 4.69) is 10.6 Å². The minimum absolute atomic E-state index is 0.151. The molecule has 0 bridgehead atoms. The highest BCUT2D eigenvalue weighted by Gasteiger charge is 2.57. The summed E-state index contributed by atoms with van der Waals surface area (Å²) >= 11 is 6.16. The Morgan fingerprint density at radius 3 is 2.78 bits per heavy atom. The van der Waals surface area contributed by atoms with Gasteiger partial charge < -0.3 is 10.6 Å². The summed E-state index contributed by atoms with van der Waals surface area (Å²) in [6.07, 6.45) is 3.20. The lowest BCUT2D eigenvalue weighted by Crippen LogP contribution is -2.39. The molecule has 3 rings (SSSR count). The summed E-state index contributed by atoms with van der Waals surface area (Å²) < 4.78 is 13.2. The van der Waals surface area contributed by atoms with E-state index in [1.807, 2.05) is 13.8 Å². The smallest absolute Gasteiger partial charge is 0.223 e. The lowest BCUT2D eigenvalue weighted by molar-refractivity contribution is -0.123. The zero-order valence-corrected chi connectivity index (χ0v) is 14.5. The molecule has 2 aliphatic rings. The molecule has 1 aliphatic heterocycles. The molecule has 0 aromatic heterocycles. The predicted molar refractivity (Wildman–Crippen MR) is 90.1 cm³/mol. The average Bonchev–Trinajstić information content (AvgIpc) is 3.18. The van der Waals surface area contributed by atoms with Gasteiger partial charge in [-0.1, -0.05) is 31.5 Å². The van der Waals surface area contributed by atoms with Crippen molar-refractivity contribution in [1.82, 2.24) is 10.6 Å². The highest BCUT2D eigenvalue weighted by molar-refractivity contribution is 6.31. The van der Waals surface area contributed by atoms with Crippen LogP contribution < -0.4 is 10.6 Å². The van der Waals surface area contributed by atoms with Crippen molar-refractivity contribution in [3.63, 3.8) is 0 Å². The Morgan fingerprint density at radius 2 is 2.13 bits per heavy atom. The second-order valence-corrected chi connectivity index (χ2v) is 8.00. The number of carbonyl (C=O) groups is 1.